The third-order valence-electron chi connectivity index (χ3n) is 2.96. The van der Waals surface area contributed by atoms with Crippen LogP contribution in [0.5, 0.6) is 0 Å². The monoisotopic (exact) mass is 304 g/mol. The highest BCUT2D eigenvalue weighted by atomic mass is 32.1. The van der Waals surface area contributed by atoms with Crippen LogP contribution in [-0.2, 0) is 4.79 Å². The molecule has 9 heteroatoms. The topological polar surface area (TPSA) is 100 Å². The lowest BCUT2D eigenvalue weighted by Gasteiger charge is -2.27. The van der Waals surface area contributed by atoms with Crippen LogP contribution in [0.4, 0.5) is 11.5 Å². The van der Waals surface area contributed by atoms with Gasteiger partial charge in [-0.05, 0) is 12.1 Å². The highest BCUT2D eigenvalue weighted by Gasteiger charge is 2.17. The summed E-state index contributed by atoms with van der Waals surface area (Å²) in [4.78, 5) is 29.3. The van der Waals surface area contributed by atoms with Crippen molar-refractivity contribution in [3.8, 4) is 0 Å². The average molecular weight is 304 g/mol. The standard InChI is InChI=1S/C12H12N6O2S/c19-11-7-18(4-3-13-11)10-2-1-8(5-14-10)16-12(20)9-6-15-21-17-9/h1-2,5-6H,3-4,7H2,(H,13,19)(H,16,20). The number of nitrogens with one attached hydrogen (secondary N) is 2. The van der Waals surface area contributed by atoms with Gasteiger partial charge in [-0.25, -0.2) is 4.98 Å². The number of amides is 2. The van der Waals surface area contributed by atoms with Crippen molar-refractivity contribution in [3.63, 3.8) is 0 Å². The van der Waals surface area contributed by atoms with Crippen molar-refractivity contribution in [2.75, 3.05) is 29.9 Å². The molecule has 0 bridgehead atoms. The lowest BCUT2D eigenvalue weighted by atomic mass is 10.3. The zero-order valence-electron chi connectivity index (χ0n) is 10.9. The predicted octanol–water partition coefficient (Wildman–Crippen LogP) is 0.122. The van der Waals surface area contributed by atoms with Gasteiger partial charge in [0.2, 0.25) is 5.91 Å². The number of piperazine rings is 1. The van der Waals surface area contributed by atoms with Crippen molar-refractivity contribution in [3.05, 3.63) is 30.2 Å². The van der Waals surface area contributed by atoms with Crippen LogP contribution in [0.1, 0.15) is 10.5 Å². The Labute approximate surface area is 124 Å². The molecule has 2 amide bonds. The van der Waals surface area contributed by atoms with E-state index in [0.717, 1.165) is 18.3 Å². The molecule has 2 aromatic heterocycles. The van der Waals surface area contributed by atoms with Crippen LogP contribution in [0, 0.1) is 0 Å². The van der Waals surface area contributed by atoms with E-state index in [1.165, 1.54) is 6.20 Å². The molecule has 0 atom stereocenters. The molecule has 21 heavy (non-hydrogen) atoms. The fourth-order valence-corrected chi connectivity index (χ4v) is 2.35. The Morgan fingerprint density at radius 1 is 1.38 bits per heavy atom. The maximum absolute atomic E-state index is 11.8. The van der Waals surface area contributed by atoms with Gasteiger partial charge in [-0.1, -0.05) is 0 Å². The summed E-state index contributed by atoms with van der Waals surface area (Å²) in [6.45, 7) is 1.62. The van der Waals surface area contributed by atoms with Crippen LogP contribution >= 0.6 is 11.7 Å². The number of rotatable bonds is 3. The molecule has 1 saturated heterocycles. The second kappa shape index (κ2) is 5.83. The van der Waals surface area contributed by atoms with Crippen molar-refractivity contribution in [2.24, 2.45) is 0 Å². The smallest absolute Gasteiger partial charge is 0.277 e. The van der Waals surface area contributed by atoms with E-state index >= 15 is 0 Å². The molecule has 3 rings (SSSR count). The zero-order valence-corrected chi connectivity index (χ0v) is 11.8. The molecule has 0 spiro atoms. The van der Waals surface area contributed by atoms with Crippen LogP contribution < -0.4 is 15.5 Å². The maximum Gasteiger partial charge on any atom is 0.277 e. The third kappa shape index (κ3) is 3.14. The highest BCUT2D eigenvalue weighted by molar-refractivity contribution is 6.99. The van der Waals surface area contributed by atoms with Crippen LogP contribution in [0.3, 0.4) is 0 Å². The summed E-state index contributed by atoms with van der Waals surface area (Å²) in [5.74, 6) is 0.366. The van der Waals surface area contributed by atoms with Gasteiger partial charge >= 0.3 is 0 Å². The van der Waals surface area contributed by atoms with Crippen LogP contribution in [0.2, 0.25) is 0 Å². The molecule has 0 radical (unpaired) electrons. The molecule has 0 aliphatic carbocycles. The summed E-state index contributed by atoms with van der Waals surface area (Å²) in [6.07, 6.45) is 2.97. The Kier molecular flexibility index (Phi) is 3.73. The van der Waals surface area contributed by atoms with E-state index in [1.54, 1.807) is 18.3 Å². The molecular weight excluding hydrogens is 292 g/mol. The number of nitrogens with zero attached hydrogens (tertiary/aromatic N) is 4. The molecule has 8 nitrogen and oxygen atoms in total. The van der Waals surface area contributed by atoms with Crippen molar-refractivity contribution in [1.29, 1.82) is 0 Å². The Morgan fingerprint density at radius 2 is 2.29 bits per heavy atom. The first-order valence-electron chi connectivity index (χ1n) is 6.29. The number of pyridine rings is 1. The van der Waals surface area contributed by atoms with Crippen LogP contribution in [0.15, 0.2) is 24.5 Å². The van der Waals surface area contributed by atoms with Gasteiger partial charge in [0.05, 0.1) is 36.4 Å². The molecule has 2 N–H and O–H groups in total. The van der Waals surface area contributed by atoms with E-state index in [2.05, 4.69) is 24.4 Å². The van der Waals surface area contributed by atoms with Crippen molar-refractivity contribution >= 4 is 35.0 Å². The summed E-state index contributed by atoms with van der Waals surface area (Å²) in [5.41, 5.74) is 0.843. The van der Waals surface area contributed by atoms with E-state index in [-0.39, 0.29) is 17.5 Å². The zero-order chi connectivity index (χ0) is 14.7. The van der Waals surface area contributed by atoms with Gasteiger partial charge in [0.1, 0.15) is 5.82 Å². The Morgan fingerprint density at radius 3 is 2.95 bits per heavy atom. The summed E-state index contributed by atoms with van der Waals surface area (Å²) in [6, 6.07) is 3.51. The predicted molar refractivity (Wildman–Crippen MR) is 77.3 cm³/mol. The fraction of sp³-hybridized carbons (Fsp3) is 0.250. The summed E-state index contributed by atoms with van der Waals surface area (Å²) in [7, 11) is 0. The number of anilines is 2. The van der Waals surface area contributed by atoms with Gasteiger partial charge in [0.15, 0.2) is 5.69 Å². The SMILES string of the molecule is O=C1CN(c2ccc(NC(=O)c3cnsn3)cn2)CCN1. The Balaban J connectivity index is 1.66. The number of carbonyl (C=O) groups is 2. The summed E-state index contributed by atoms with van der Waals surface area (Å²) < 4.78 is 7.63. The molecule has 1 aliphatic rings. The molecular formula is C12H12N6O2S. The minimum absolute atomic E-state index is 0.0172. The minimum atomic E-state index is -0.323. The van der Waals surface area contributed by atoms with E-state index in [9.17, 15) is 9.59 Å². The van der Waals surface area contributed by atoms with Gasteiger partial charge in [0, 0.05) is 13.1 Å². The normalized spacial score (nSPS) is 14.7. The number of hydrogen-bond donors (Lipinski definition) is 2. The second-order valence-electron chi connectivity index (χ2n) is 4.42. The minimum Gasteiger partial charge on any atom is -0.353 e. The molecule has 0 aromatic carbocycles. The van der Waals surface area contributed by atoms with E-state index in [4.69, 9.17) is 0 Å². The van der Waals surface area contributed by atoms with Gasteiger partial charge in [-0.2, -0.15) is 8.75 Å². The summed E-state index contributed by atoms with van der Waals surface area (Å²) in [5, 5.41) is 5.45. The molecule has 1 fully saturated rings. The van der Waals surface area contributed by atoms with Gasteiger partial charge in [0.25, 0.3) is 5.91 Å². The van der Waals surface area contributed by atoms with Crippen LogP contribution in [-0.4, -0.2) is 45.2 Å². The first kappa shape index (κ1) is 13.4. The highest BCUT2D eigenvalue weighted by Crippen LogP contribution is 2.15. The Hall–Kier alpha value is -2.55. The van der Waals surface area contributed by atoms with E-state index in [1.807, 2.05) is 4.90 Å². The molecule has 0 saturated carbocycles. The quantitative estimate of drug-likeness (QED) is 0.835. The molecule has 108 valence electrons. The van der Waals surface area contributed by atoms with Crippen molar-refractivity contribution in [1.82, 2.24) is 19.0 Å². The molecule has 1 aliphatic heterocycles. The van der Waals surface area contributed by atoms with E-state index < -0.39 is 0 Å². The van der Waals surface area contributed by atoms with Crippen LogP contribution in [0.25, 0.3) is 0 Å². The molecule has 0 unspecified atom stereocenters. The first-order chi connectivity index (χ1) is 10.2. The van der Waals surface area contributed by atoms with Crippen molar-refractivity contribution < 1.29 is 9.59 Å². The molecule has 2 aromatic rings. The number of carbonyl (C=O) groups excluding carboxylic acids is 2. The first-order valence-corrected chi connectivity index (χ1v) is 7.02. The van der Waals surface area contributed by atoms with Gasteiger partial charge < -0.3 is 15.5 Å². The van der Waals surface area contributed by atoms with E-state index in [0.29, 0.717) is 24.6 Å². The third-order valence-corrected chi connectivity index (χ3v) is 3.44. The lowest BCUT2D eigenvalue weighted by molar-refractivity contribution is -0.120. The fourth-order valence-electron chi connectivity index (χ4n) is 1.94. The molecule has 3 heterocycles. The Bertz CT molecular complexity index is 642. The number of hydrogen-bond acceptors (Lipinski definition) is 7. The second-order valence-corrected chi connectivity index (χ2v) is 4.98. The maximum atomic E-state index is 11.8. The lowest BCUT2D eigenvalue weighted by Crippen LogP contribution is -2.48. The average Bonchev–Trinajstić information content (AvgIpc) is 3.02. The largest absolute Gasteiger partial charge is 0.353 e. The number of aromatic nitrogens is 3. The van der Waals surface area contributed by atoms with Crippen molar-refractivity contribution in [2.45, 2.75) is 0 Å². The van der Waals surface area contributed by atoms with Gasteiger partial charge in [-0.15, -0.1) is 0 Å². The van der Waals surface area contributed by atoms with Gasteiger partial charge in [-0.3, -0.25) is 9.59 Å². The summed E-state index contributed by atoms with van der Waals surface area (Å²) >= 11 is 0.979.